The molecule has 33 heavy (non-hydrogen) atoms. The third-order valence-electron chi connectivity index (χ3n) is 5.97. The molecule has 1 aromatic heterocycles. The molecule has 1 saturated heterocycles. The van der Waals surface area contributed by atoms with Crippen LogP contribution in [0.1, 0.15) is 73.5 Å². The molecule has 3 rings (SSSR count). The maximum absolute atomic E-state index is 12.4. The predicted octanol–water partition coefficient (Wildman–Crippen LogP) is 5.82. The van der Waals surface area contributed by atoms with Crippen LogP contribution in [-0.4, -0.2) is 51.8 Å². The Labute approximate surface area is 204 Å². The Balaban J connectivity index is 1.48. The number of rotatable bonds is 14. The first-order valence-corrected chi connectivity index (χ1v) is 13.7. The van der Waals surface area contributed by atoms with Crippen molar-refractivity contribution in [3.05, 3.63) is 40.4 Å². The number of amides is 1. The van der Waals surface area contributed by atoms with Crippen molar-refractivity contribution < 1.29 is 19.4 Å². The van der Waals surface area contributed by atoms with E-state index < -0.39 is 5.97 Å². The standard InChI is InChI=1S/C25H34N2O4S2/c1-3-4-5-6-7-8-19-10-9-18(2)22(15-19)31-16-20-11-12-23(28)27(20)13-14-32-25-26-21(17-33-25)24(29)30/h9-10,15,17,20H,3-8,11-14,16H2,1-2H3,(H,29,30)/t20-/m1/s1. The number of hydrogen-bond donors (Lipinski definition) is 1. The number of ether oxygens (including phenoxy) is 1. The van der Waals surface area contributed by atoms with Crippen LogP contribution in [0.25, 0.3) is 0 Å². The van der Waals surface area contributed by atoms with Gasteiger partial charge in [0.25, 0.3) is 0 Å². The van der Waals surface area contributed by atoms with Crippen LogP contribution in [-0.2, 0) is 11.2 Å². The van der Waals surface area contributed by atoms with Crippen molar-refractivity contribution in [3.8, 4) is 5.75 Å². The van der Waals surface area contributed by atoms with Crippen molar-refractivity contribution >= 4 is 35.0 Å². The first kappa shape index (κ1) is 25.6. The molecule has 0 unspecified atom stereocenters. The highest BCUT2D eigenvalue weighted by Gasteiger charge is 2.31. The third-order valence-corrected chi connectivity index (χ3v) is 7.97. The summed E-state index contributed by atoms with van der Waals surface area (Å²) in [6.45, 7) is 5.40. The molecule has 1 fully saturated rings. The van der Waals surface area contributed by atoms with Crippen molar-refractivity contribution in [2.75, 3.05) is 18.9 Å². The lowest BCUT2D eigenvalue weighted by molar-refractivity contribution is -0.129. The van der Waals surface area contributed by atoms with Gasteiger partial charge in [-0.05, 0) is 43.4 Å². The zero-order valence-electron chi connectivity index (χ0n) is 19.5. The Morgan fingerprint density at radius 3 is 2.88 bits per heavy atom. The maximum atomic E-state index is 12.4. The van der Waals surface area contributed by atoms with Gasteiger partial charge in [0, 0.05) is 24.1 Å². The Morgan fingerprint density at radius 2 is 2.12 bits per heavy atom. The van der Waals surface area contributed by atoms with E-state index in [4.69, 9.17) is 9.84 Å². The highest BCUT2D eigenvalue weighted by molar-refractivity contribution is 8.01. The summed E-state index contributed by atoms with van der Waals surface area (Å²) in [5, 5.41) is 10.5. The van der Waals surface area contributed by atoms with Gasteiger partial charge in [-0.1, -0.05) is 56.5 Å². The van der Waals surface area contributed by atoms with Crippen molar-refractivity contribution in [3.63, 3.8) is 0 Å². The lowest BCUT2D eigenvalue weighted by Gasteiger charge is -2.25. The number of aryl methyl sites for hydroxylation is 2. The van der Waals surface area contributed by atoms with E-state index >= 15 is 0 Å². The van der Waals surface area contributed by atoms with Gasteiger partial charge in [-0.25, -0.2) is 9.78 Å². The number of aromatic nitrogens is 1. The molecule has 6 nitrogen and oxygen atoms in total. The van der Waals surface area contributed by atoms with E-state index in [2.05, 4.69) is 37.0 Å². The van der Waals surface area contributed by atoms with Gasteiger partial charge >= 0.3 is 5.97 Å². The number of hydrogen-bond acceptors (Lipinski definition) is 6. The fourth-order valence-corrected chi connectivity index (χ4v) is 5.81. The summed E-state index contributed by atoms with van der Waals surface area (Å²) in [6, 6.07) is 6.55. The summed E-state index contributed by atoms with van der Waals surface area (Å²) in [5.41, 5.74) is 2.51. The SMILES string of the molecule is CCCCCCCc1ccc(C)c(OC[C@H]2CCC(=O)N2CCSc2nc(C(=O)O)cs2)c1. The number of carboxylic acids is 1. The highest BCUT2D eigenvalue weighted by atomic mass is 32.2. The number of unbranched alkanes of at least 4 members (excludes halogenated alkanes) is 4. The van der Waals surface area contributed by atoms with E-state index in [0.717, 1.165) is 24.2 Å². The first-order valence-electron chi connectivity index (χ1n) is 11.8. The van der Waals surface area contributed by atoms with Gasteiger partial charge in [0.2, 0.25) is 5.91 Å². The minimum absolute atomic E-state index is 0.0704. The second-order valence-corrected chi connectivity index (χ2v) is 10.7. The molecule has 8 heteroatoms. The molecule has 1 aliphatic heterocycles. The smallest absolute Gasteiger partial charge is 0.355 e. The summed E-state index contributed by atoms with van der Waals surface area (Å²) in [5.74, 6) is 0.744. The zero-order valence-corrected chi connectivity index (χ0v) is 21.2. The molecule has 0 spiro atoms. The number of nitrogens with zero attached hydrogens (tertiary/aromatic N) is 2. The molecule has 0 bridgehead atoms. The molecule has 1 atom stereocenters. The number of carboxylic acid groups (broad SMARTS) is 1. The largest absolute Gasteiger partial charge is 0.491 e. The highest BCUT2D eigenvalue weighted by Crippen LogP contribution is 2.27. The van der Waals surface area contributed by atoms with Gasteiger partial charge in [-0.2, -0.15) is 0 Å². The number of thiazole rings is 1. The zero-order chi connectivity index (χ0) is 23.6. The van der Waals surface area contributed by atoms with Gasteiger partial charge in [-0.3, -0.25) is 4.79 Å². The number of carbonyl (C=O) groups excluding carboxylic acids is 1. The molecule has 1 aromatic carbocycles. The third kappa shape index (κ3) is 7.74. The lowest BCUT2D eigenvalue weighted by Crippen LogP contribution is -2.38. The minimum Gasteiger partial charge on any atom is -0.491 e. The molecule has 1 N–H and O–H groups in total. The van der Waals surface area contributed by atoms with Crippen LogP contribution in [0.3, 0.4) is 0 Å². The van der Waals surface area contributed by atoms with Crippen LogP contribution in [0.5, 0.6) is 5.75 Å². The lowest BCUT2D eigenvalue weighted by atomic mass is 10.0. The average Bonchev–Trinajstić information content (AvgIpc) is 3.41. The monoisotopic (exact) mass is 490 g/mol. The molecule has 0 radical (unpaired) electrons. The minimum atomic E-state index is -1.01. The topological polar surface area (TPSA) is 79.7 Å². The normalized spacial score (nSPS) is 15.9. The molecule has 1 aliphatic rings. The average molecular weight is 491 g/mol. The second-order valence-electron chi connectivity index (χ2n) is 8.51. The number of aromatic carboxylic acids is 1. The Kier molecular flexibility index (Phi) is 10.1. The molecule has 0 saturated carbocycles. The van der Waals surface area contributed by atoms with Crippen LogP contribution < -0.4 is 4.74 Å². The van der Waals surface area contributed by atoms with Crippen molar-refractivity contribution in [2.24, 2.45) is 0 Å². The molecule has 2 heterocycles. The number of benzene rings is 1. The Hall–Kier alpha value is -2.06. The van der Waals surface area contributed by atoms with E-state index in [1.807, 2.05) is 4.90 Å². The predicted molar refractivity (Wildman–Crippen MR) is 134 cm³/mol. The molecule has 180 valence electrons. The van der Waals surface area contributed by atoms with E-state index in [1.165, 1.54) is 60.8 Å². The molecule has 0 aliphatic carbocycles. The Bertz CT molecular complexity index is 931. The van der Waals surface area contributed by atoms with Gasteiger partial charge in [-0.15, -0.1) is 11.3 Å². The molecular formula is C25H34N2O4S2. The van der Waals surface area contributed by atoms with Crippen LogP contribution in [0.2, 0.25) is 0 Å². The summed E-state index contributed by atoms with van der Waals surface area (Å²) in [4.78, 5) is 29.4. The molecular weight excluding hydrogens is 456 g/mol. The summed E-state index contributed by atoms with van der Waals surface area (Å²) in [6.07, 6.45) is 8.79. The van der Waals surface area contributed by atoms with Crippen molar-refractivity contribution in [1.82, 2.24) is 9.88 Å². The fraction of sp³-hybridized carbons (Fsp3) is 0.560. The van der Waals surface area contributed by atoms with Crippen molar-refractivity contribution in [1.29, 1.82) is 0 Å². The summed E-state index contributed by atoms with van der Waals surface area (Å²) < 4.78 is 6.92. The van der Waals surface area contributed by atoms with Gasteiger partial charge in [0.05, 0.1) is 6.04 Å². The van der Waals surface area contributed by atoms with Gasteiger partial charge in [0.1, 0.15) is 12.4 Å². The van der Waals surface area contributed by atoms with E-state index in [9.17, 15) is 9.59 Å². The fourth-order valence-electron chi connectivity index (χ4n) is 4.00. The van der Waals surface area contributed by atoms with Gasteiger partial charge in [0.15, 0.2) is 10.0 Å². The van der Waals surface area contributed by atoms with Gasteiger partial charge < -0.3 is 14.7 Å². The molecule has 2 aromatic rings. The number of likely N-dealkylation sites (tertiary alicyclic amines) is 1. The molecule has 1 amide bonds. The second kappa shape index (κ2) is 13.0. The number of thioether (sulfide) groups is 1. The van der Waals surface area contributed by atoms with Crippen LogP contribution in [0.4, 0.5) is 0 Å². The quantitative estimate of drug-likeness (QED) is 0.265. The van der Waals surface area contributed by atoms with E-state index in [0.29, 0.717) is 29.7 Å². The summed E-state index contributed by atoms with van der Waals surface area (Å²) >= 11 is 2.81. The maximum Gasteiger partial charge on any atom is 0.355 e. The van der Waals surface area contributed by atoms with Crippen LogP contribution in [0, 0.1) is 6.92 Å². The van der Waals surface area contributed by atoms with Crippen molar-refractivity contribution in [2.45, 2.75) is 75.6 Å². The van der Waals surface area contributed by atoms with Crippen LogP contribution >= 0.6 is 23.1 Å². The van der Waals surface area contributed by atoms with E-state index in [-0.39, 0.29) is 17.6 Å². The van der Waals surface area contributed by atoms with E-state index in [1.54, 1.807) is 5.38 Å². The van der Waals surface area contributed by atoms with Crippen LogP contribution in [0.15, 0.2) is 27.9 Å². The summed E-state index contributed by atoms with van der Waals surface area (Å²) in [7, 11) is 0. The number of carbonyl (C=O) groups is 2. The Morgan fingerprint density at radius 1 is 1.30 bits per heavy atom. The first-order chi connectivity index (χ1) is 16.0.